The van der Waals surface area contributed by atoms with Gasteiger partial charge in [0.15, 0.2) is 5.11 Å². The molecule has 1 aromatic heterocycles. The summed E-state index contributed by atoms with van der Waals surface area (Å²) in [5.74, 6) is 1.72. The first-order valence-electron chi connectivity index (χ1n) is 10.5. The average Bonchev–Trinajstić information content (AvgIpc) is 3.29. The van der Waals surface area contributed by atoms with Crippen molar-refractivity contribution in [2.24, 2.45) is 0 Å². The number of benzene rings is 2. The van der Waals surface area contributed by atoms with Gasteiger partial charge in [0.25, 0.3) is 0 Å². The van der Waals surface area contributed by atoms with E-state index in [1.54, 1.807) is 13.2 Å². The third-order valence-corrected chi connectivity index (χ3v) is 6.18. The minimum absolute atomic E-state index is 0.0349. The first kappa shape index (κ1) is 22.3. The Morgan fingerprint density at radius 3 is 2.41 bits per heavy atom. The van der Waals surface area contributed by atoms with Gasteiger partial charge >= 0.3 is 0 Å². The quantitative estimate of drug-likeness (QED) is 0.429. The number of rotatable bonds is 7. The van der Waals surface area contributed by atoms with Crippen molar-refractivity contribution in [2.75, 3.05) is 19.0 Å². The number of anilines is 1. The second-order valence-corrected chi connectivity index (χ2v) is 8.63. The van der Waals surface area contributed by atoms with E-state index in [0.29, 0.717) is 28.6 Å². The van der Waals surface area contributed by atoms with E-state index in [-0.39, 0.29) is 5.41 Å². The summed E-state index contributed by atoms with van der Waals surface area (Å²) in [7, 11) is 1.55. The van der Waals surface area contributed by atoms with Crippen LogP contribution in [0, 0.1) is 0 Å². The molecule has 3 aromatic rings. The van der Waals surface area contributed by atoms with Gasteiger partial charge in [0, 0.05) is 17.0 Å². The average molecular weight is 469 g/mol. The highest BCUT2D eigenvalue weighted by Gasteiger charge is 2.35. The number of thiocarbonyl (C=S) groups is 1. The maximum Gasteiger partial charge on any atom is 0.235 e. The van der Waals surface area contributed by atoms with Gasteiger partial charge in [-0.15, -0.1) is 0 Å². The molecule has 6 nitrogen and oxygen atoms in total. The van der Waals surface area contributed by atoms with Gasteiger partial charge in [0.2, 0.25) is 17.7 Å². The van der Waals surface area contributed by atoms with E-state index >= 15 is 0 Å². The molecule has 0 spiro atoms. The molecule has 1 saturated carbocycles. The summed E-state index contributed by atoms with van der Waals surface area (Å²) in [6, 6.07) is 19.2. The molecule has 2 N–H and O–H groups in total. The number of aromatic nitrogens is 2. The zero-order valence-corrected chi connectivity index (χ0v) is 19.4. The predicted molar refractivity (Wildman–Crippen MR) is 131 cm³/mol. The Bertz CT molecular complexity index is 1060. The molecule has 2 aromatic carbocycles. The van der Waals surface area contributed by atoms with Gasteiger partial charge in [-0.2, -0.15) is 9.97 Å². The molecule has 32 heavy (non-hydrogen) atoms. The molecular weight excluding hydrogens is 444 g/mol. The van der Waals surface area contributed by atoms with Gasteiger partial charge in [-0.1, -0.05) is 54.8 Å². The molecule has 1 heterocycles. The number of ether oxygens (including phenoxy) is 2. The van der Waals surface area contributed by atoms with Crippen molar-refractivity contribution in [3.05, 3.63) is 71.2 Å². The van der Waals surface area contributed by atoms with Gasteiger partial charge in [0.1, 0.15) is 5.75 Å². The summed E-state index contributed by atoms with van der Waals surface area (Å²) >= 11 is 11.6. The Balaban J connectivity index is 1.44. The van der Waals surface area contributed by atoms with Crippen molar-refractivity contribution in [1.29, 1.82) is 0 Å². The minimum Gasteiger partial charge on any atom is -0.481 e. The third kappa shape index (κ3) is 5.47. The first-order valence-corrected chi connectivity index (χ1v) is 11.3. The van der Waals surface area contributed by atoms with Crippen LogP contribution in [0.1, 0.15) is 31.2 Å². The van der Waals surface area contributed by atoms with Crippen molar-refractivity contribution in [2.45, 2.75) is 31.1 Å². The maximum atomic E-state index is 6.09. The van der Waals surface area contributed by atoms with Crippen molar-refractivity contribution in [3.63, 3.8) is 0 Å². The van der Waals surface area contributed by atoms with Crippen LogP contribution < -0.4 is 20.1 Å². The molecule has 166 valence electrons. The van der Waals surface area contributed by atoms with Crippen molar-refractivity contribution in [3.8, 4) is 17.5 Å². The van der Waals surface area contributed by atoms with E-state index in [1.165, 1.54) is 18.4 Å². The Morgan fingerprint density at radius 2 is 1.72 bits per heavy atom. The van der Waals surface area contributed by atoms with Crippen LogP contribution in [0.2, 0.25) is 5.02 Å². The lowest BCUT2D eigenvalue weighted by Crippen LogP contribution is -2.41. The fourth-order valence-corrected chi connectivity index (χ4v) is 4.33. The third-order valence-electron chi connectivity index (χ3n) is 5.68. The SMILES string of the molecule is COc1cc(Oc2ccccc2)nc(NC(=S)NCC2(c3ccc(Cl)cc3)CCCC2)n1. The molecule has 4 rings (SSSR count). The molecule has 0 saturated heterocycles. The Kier molecular flexibility index (Phi) is 7.07. The molecule has 1 fully saturated rings. The fraction of sp³-hybridized carbons (Fsp3) is 0.292. The molecule has 1 aliphatic rings. The van der Waals surface area contributed by atoms with E-state index in [4.69, 9.17) is 33.3 Å². The Hall–Kier alpha value is -2.90. The van der Waals surface area contributed by atoms with Crippen molar-refractivity contribution >= 4 is 34.9 Å². The van der Waals surface area contributed by atoms with Gasteiger partial charge in [0.05, 0.1) is 13.2 Å². The lowest BCUT2D eigenvalue weighted by molar-refractivity contribution is 0.389. The Morgan fingerprint density at radius 1 is 1.03 bits per heavy atom. The molecule has 0 radical (unpaired) electrons. The second-order valence-electron chi connectivity index (χ2n) is 7.79. The lowest BCUT2D eigenvalue weighted by atomic mass is 9.79. The van der Waals surface area contributed by atoms with Crippen molar-refractivity contribution < 1.29 is 9.47 Å². The van der Waals surface area contributed by atoms with E-state index < -0.39 is 0 Å². The minimum atomic E-state index is 0.0349. The van der Waals surface area contributed by atoms with Crippen molar-refractivity contribution in [1.82, 2.24) is 15.3 Å². The van der Waals surface area contributed by atoms with E-state index in [1.807, 2.05) is 42.5 Å². The van der Waals surface area contributed by atoms with Crippen LogP contribution in [0.5, 0.6) is 17.5 Å². The number of nitrogens with one attached hydrogen (secondary N) is 2. The molecule has 0 amide bonds. The number of methoxy groups -OCH3 is 1. The van der Waals surface area contributed by atoms with E-state index in [2.05, 4.69) is 32.7 Å². The second kappa shape index (κ2) is 10.1. The summed E-state index contributed by atoms with van der Waals surface area (Å²) in [4.78, 5) is 8.75. The van der Waals surface area contributed by atoms with Crippen LogP contribution in [-0.4, -0.2) is 28.7 Å². The first-order chi connectivity index (χ1) is 15.6. The van der Waals surface area contributed by atoms with Crippen LogP contribution >= 0.6 is 23.8 Å². The molecule has 0 aliphatic heterocycles. The molecule has 0 bridgehead atoms. The summed E-state index contributed by atoms with van der Waals surface area (Å²) in [6.07, 6.45) is 4.61. The van der Waals surface area contributed by atoms with Gasteiger partial charge in [-0.3, -0.25) is 0 Å². The number of hydrogen-bond acceptors (Lipinski definition) is 5. The summed E-state index contributed by atoms with van der Waals surface area (Å²) < 4.78 is 11.1. The normalized spacial score (nSPS) is 14.6. The standard InChI is InChI=1S/C24H25ClN4O2S/c1-30-20-15-21(31-19-7-3-2-4-8-19)28-22(27-20)29-23(32)26-16-24(13-5-6-14-24)17-9-11-18(25)12-10-17/h2-4,7-12,15H,5-6,13-14,16H2,1H3,(H2,26,27,28,29,32). The zero-order valence-electron chi connectivity index (χ0n) is 17.8. The highest BCUT2D eigenvalue weighted by molar-refractivity contribution is 7.80. The summed E-state index contributed by atoms with van der Waals surface area (Å²) in [6.45, 7) is 0.720. The highest BCUT2D eigenvalue weighted by Crippen LogP contribution is 2.41. The topological polar surface area (TPSA) is 68.3 Å². The number of nitrogens with zero attached hydrogens (tertiary/aromatic N) is 2. The molecule has 0 unspecified atom stereocenters. The van der Waals surface area contributed by atoms with Crippen LogP contribution in [0.15, 0.2) is 60.7 Å². The molecule has 1 aliphatic carbocycles. The van der Waals surface area contributed by atoms with Crippen LogP contribution in [-0.2, 0) is 5.41 Å². The Labute approximate surface area is 198 Å². The monoisotopic (exact) mass is 468 g/mol. The largest absolute Gasteiger partial charge is 0.481 e. The maximum absolute atomic E-state index is 6.09. The number of halogens is 1. The van der Waals surface area contributed by atoms with Gasteiger partial charge in [-0.05, 0) is 54.9 Å². The number of hydrogen-bond donors (Lipinski definition) is 2. The van der Waals surface area contributed by atoms with Crippen LogP contribution in [0.4, 0.5) is 5.95 Å². The fourth-order valence-electron chi connectivity index (χ4n) is 4.04. The van der Waals surface area contributed by atoms with E-state index in [9.17, 15) is 0 Å². The van der Waals surface area contributed by atoms with Gasteiger partial charge < -0.3 is 20.1 Å². The molecule has 0 atom stereocenters. The van der Waals surface area contributed by atoms with Crippen LogP contribution in [0.25, 0.3) is 0 Å². The smallest absolute Gasteiger partial charge is 0.235 e. The van der Waals surface area contributed by atoms with E-state index in [0.717, 1.165) is 24.4 Å². The predicted octanol–water partition coefficient (Wildman–Crippen LogP) is 5.73. The lowest BCUT2D eigenvalue weighted by Gasteiger charge is -2.30. The summed E-state index contributed by atoms with van der Waals surface area (Å²) in [5, 5.41) is 7.62. The number of para-hydroxylation sites is 1. The zero-order chi connectivity index (χ0) is 22.4. The highest BCUT2D eigenvalue weighted by atomic mass is 35.5. The van der Waals surface area contributed by atoms with Crippen LogP contribution in [0.3, 0.4) is 0 Å². The van der Waals surface area contributed by atoms with Gasteiger partial charge in [-0.25, -0.2) is 0 Å². The molecule has 8 heteroatoms. The summed E-state index contributed by atoms with van der Waals surface area (Å²) in [5.41, 5.74) is 1.32. The molecular formula is C24H25ClN4O2S.